The van der Waals surface area contributed by atoms with Gasteiger partial charge in [-0.1, -0.05) is 17.8 Å². The second-order valence-electron chi connectivity index (χ2n) is 6.95. The number of benzene rings is 2. The van der Waals surface area contributed by atoms with Gasteiger partial charge in [0.05, 0.1) is 25.7 Å². The highest BCUT2D eigenvalue weighted by atomic mass is 32.2. The number of nitrogens with one attached hydrogen (secondary N) is 1. The number of carbonyl (C=O) groups excluding carboxylic acids is 1. The number of anilines is 1. The molecule has 0 radical (unpaired) electrons. The number of thioether (sulfide) groups is 1. The number of methoxy groups -OCH3 is 2. The number of ether oxygens (including phenoxy) is 2. The van der Waals surface area contributed by atoms with E-state index in [4.69, 9.17) is 9.47 Å². The summed E-state index contributed by atoms with van der Waals surface area (Å²) in [7, 11) is 3.21. The van der Waals surface area contributed by atoms with Crippen LogP contribution in [0.4, 0.5) is 5.69 Å². The maximum Gasteiger partial charge on any atom is 0.234 e. The maximum atomic E-state index is 12.6. The SMILES string of the molecule is COc1ccc(-c2nnc(SCC(=O)Nc3cc(C)ccc3OC)n2-n2cccc2)cc1. The molecule has 0 unspecified atom stereocenters. The second-order valence-corrected chi connectivity index (χ2v) is 7.89. The van der Waals surface area contributed by atoms with Crippen LogP contribution in [-0.4, -0.2) is 45.4 Å². The van der Waals surface area contributed by atoms with E-state index in [0.29, 0.717) is 22.4 Å². The van der Waals surface area contributed by atoms with Crippen molar-refractivity contribution in [3.8, 4) is 22.9 Å². The van der Waals surface area contributed by atoms with Crippen LogP contribution in [0.2, 0.25) is 0 Å². The van der Waals surface area contributed by atoms with Crippen LogP contribution >= 0.6 is 11.8 Å². The summed E-state index contributed by atoms with van der Waals surface area (Å²) in [5.74, 6) is 2.04. The fourth-order valence-corrected chi connectivity index (χ4v) is 3.91. The van der Waals surface area contributed by atoms with E-state index in [9.17, 15) is 4.79 Å². The molecule has 2 aromatic heterocycles. The fourth-order valence-electron chi connectivity index (χ4n) is 3.18. The molecule has 9 heteroatoms. The molecule has 0 aliphatic heterocycles. The molecule has 2 aromatic carbocycles. The normalized spacial score (nSPS) is 10.7. The van der Waals surface area contributed by atoms with Crippen LogP contribution in [0.3, 0.4) is 0 Å². The molecule has 8 nitrogen and oxygen atoms in total. The van der Waals surface area contributed by atoms with Gasteiger partial charge in [-0.15, -0.1) is 10.2 Å². The number of aromatic nitrogens is 4. The Balaban J connectivity index is 1.56. The summed E-state index contributed by atoms with van der Waals surface area (Å²) in [6.07, 6.45) is 3.80. The van der Waals surface area contributed by atoms with Crippen LogP contribution < -0.4 is 14.8 Å². The van der Waals surface area contributed by atoms with Crippen molar-refractivity contribution in [2.45, 2.75) is 12.1 Å². The van der Waals surface area contributed by atoms with Crippen LogP contribution in [0.15, 0.2) is 72.1 Å². The molecule has 0 saturated heterocycles. The quantitative estimate of drug-likeness (QED) is 0.408. The van der Waals surface area contributed by atoms with Gasteiger partial charge in [0, 0.05) is 18.0 Å². The van der Waals surface area contributed by atoms with Gasteiger partial charge in [-0.05, 0) is 61.0 Å². The van der Waals surface area contributed by atoms with E-state index in [1.54, 1.807) is 14.2 Å². The lowest BCUT2D eigenvalue weighted by Gasteiger charge is -2.12. The molecule has 0 atom stereocenters. The molecule has 0 aliphatic carbocycles. The highest BCUT2D eigenvalue weighted by Crippen LogP contribution is 2.28. The predicted octanol–water partition coefficient (Wildman–Crippen LogP) is 4.11. The van der Waals surface area contributed by atoms with Crippen LogP contribution in [-0.2, 0) is 4.79 Å². The van der Waals surface area contributed by atoms with E-state index in [2.05, 4.69) is 15.5 Å². The van der Waals surface area contributed by atoms with Gasteiger partial charge in [0.1, 0.15) is 11.5 Å². The first-order chi connectivity index (χ1) is 15.6. The highest BCUT2D eigenvalue weighted by molar-refractivity contribution is 7.99. The molecule has 1 amide bonds. The second kappa shape index (κ2) is 9.61. The van der Waals surface area contributed by atoms with Crippen LogP contribution in [0.1, 0.15) is 5.56 Å². The minimum absolute atomic E-state index is 0.160. The molecule has 1 N–H and O–H groups in total. The number of hydrogen-bond donors (Lipinski definition) is 1. The van der Waals surface area contributed by atoms with Gasteiger partial charge in [0.15, 0.2) is 5.82 Å². The lowest BCUT2D eigenvalue weighted by molar-refractivity contribution is -0.113. The Morgan fingerprint density at radius 1 is 1.03 bits per heavy atom. The molecule has 0 aliphatic rings. The van der Waals surface area contributed by atoms with Gasteiger partial charge in [-0.3, -0.25) is 9.47 Å². The first kappa shape index (κ1) is 21.5. The lowest BCUT2D eigenvalue weighted by atomic mass is 10.2. The number of nitrogens with zero attached hydrogens (tertiary/aromatic N) is 4. The molecular weight excluding hydrogens is 426 g/mol. The molecule has 0 saturated carbocycles. The van der Waals surface area contributed by atoms with Gasteiger partial charge < -0.3 is 14.8 Å². The Kier molecular flexibility index (Phi) is 6.46. The number of aryl methyl sites for hydroxylation is 1. The van der Waals surface area contributed by atoms with E-state index >= 15 is 0 Å². The van der Waals surface area contributed by atoms with Crippen LogP contribution in [0, 0.1) is 6.92 Å². The van der Waals surface area contributed by atoms with Crippen molar-refractivity contribution in [1.82, 2.24) is 19.5 Å². The summed E-state index contributed by atoms with van der Waals surface area (Å²) in [6, 6.07) is 17.1. The number of hydrogen-bond acceptors (Lipinski definition) is 6. The molecule has 4 aromatic rings. The summed E-state index contributed by atoms with van der Waals surface area (Å²) in [5, 5.41) is 12.2. The largest absolute Gasteiger partial charge is 0.497 e. The smallest absolute Gasteiger partial charge is 0.234 e. The Morgan fingerprint density at radius 2 is 1.78 bits per heavy atom. The third-order valence-corrected chi connectivity index (χ3v) is 5.66. The molecule has 2 heterocycles. The Bertz CT molecular complexity index is 1200. The van der Waals surface area contributed by atoms with E-state index < -0.39 is 0 Å². The van der Waals surface area contributed by atoms with Crippen LogP contribution in [0.25, 0.3) is 11.4 Å². The molecule has 32 heavy (non-hydrogen) atoms. The van der Waals surface area contributed by atoms with Crippen molar-refractivity contribution in [1.29, 1.82) is 0 Å². The molecule has 164 valence electrons. The zero-order chi connectivity index (χ0) is 22.5. The third-order valence-electron chi connectivity index (χ3n) is 4.74. The van der Waals surface area contributed by atoms with Crippen molar-refractivity contribution < 1.29 is 14.3 Å². The number of amides is 1. The highest BCUT2D eigenvalue weighted by Gasteiger charge is 2.17. The molecule has 0 spiro atoms. The molecule has 0 bridgehead atoms. The maximum absolute atomic E-state index is 12.6. The Hall–Kier alpha value is -3.72. The van der Waals surface area contributed by atoms with Gasteiger partial charge in [0.25, 0.3) is 0 Å². The van der Waals surface area contributed by atoms with Crippen molar-refractivity contribution in [3.63, 3.8) is 0 Å². The Labute approximate surface area is 190 Å². The summed E-state index contributed by atoms with van der Waals surface area (Å²) in [6.45, 7) is 1.96. The molecule has 0 fully saturated rings. The number of rotatable bonds is 8. The zero-order valence-corrected chi connectivity index (χ0v) is 18.8. The summed E-state index contributed by atoms with van der Waals surface area (Å²) in [5.41, 5.74) is 2.56. The van der Waals surface area contributed by atoms with Crippen molar-refractivity contribution in [2.24, 2.45) is 0 Å². The van der Waals surface area contributed by atoms with Crippen LogP contribution in [0.5, 0.6) is 11.5 Å². The van der Waals surface area contributed by atoms with E-state index in [1.165, 1.54) is 11.8 Å². The van der Waals surface area contributed by atoms with E-state index in [0.717, 1.165) is 16.9 Å². The lowest BCUT2D eigenvalue weighted by Crippen LogP contribution is -2.16. The zero-order valence-electron chi connectivity index (χ0n) is 18.0. The van der Waals surface area contributed by atoms with Crippen molar-refractivity contribution in [2.75, 3.05) is 25.3 Å². The summed E-state index contributed by atoms with van der Waals surface area (Å²) < 4.78 is 14.3. The van der Waals surface area contributed by atoms with Gasteiger partial charge in [0.2, 0.25) is 11.1 Å². The minimum Gasteiger partial charge on any atom is -0.497 e. The van der Waals surface area contributed by atoms with E-state index in [-0.39, 0.29) is 11.7 Å². The first-order valence-electron chi connectivity index (χ1n) is 9.90. The average molecular weight is 450 g/mol. The predicted molar refractivity (Wildman–Crippen MR) is 124 cm³/mol. The number of carbonyl (C=O) groups is 1. The molecular formula is C23H23N5O3S. The Morgan fingerprint density at radius 3 is 2.47 bits per heavy atom. The molecule has 4 rings (SSSR count). The van der Waals surface area contributed by atoms with Crippen molar-refractivity contribution in [3.05, 3.63) is 72.6 Å². The van der Waals surface area contributed by atoms with E-state index in [1.807, 2.05) is 83.3 Å². The summed E-state index contributed by atoms with van der Waals surface area (Å²) in [4.78, 5) is 12.6. The standard InChI is InChI=1S/C23H23N5O3S/c1-16-6-11-20(31-3)19(14-16)24-21(29)15-32-23-26-25-22(28(23)27-12-4-5-13-27)17-7-9-18(30-2)10-8-17/h4-14H,15H2,1-3H3,(H,24,29). The minimum atomic E-state index is -0.160. The monoisotopic (exact) mass is 449 g/mol. The average Bonchev–Trinajstić information content (AvgIpc) is 3.47. The summed E-state index contributed by atoms with van der Waals surface area (Å²) >= 11 is 1.30. The van der Waals surface area contributed by atoms with Gasteiger partial charge in [-0.2, -0.15) is 0 Å². The van der Waals surface area contributed by atoms with Gasteiger partial charge in [-0.25, -0.2) is 4.68 Å². The fraction of sp³-hybridized carbons (Fsp3) is 0.174. The third kappa shape index (κ3) is 4.62. The first-order valence-corrected chi connectivity index (χ1v) is 10.9. The van der Waals surface area contributed by atoms with Crippen molar-refractivity contribution >= 4 is 23.4 Å². The topological polar surface area (TPSA) is 83.2 Å². The van der Waals surface area contributed by atoms with Gasteiger partial charge >= 0.3 is 0 Å².